The largest absolute Gasteiger partial charge is 0.337 e. The second-order valence-electron chi connectivity index (χ2n) is 0.972. The molecule has 12 heavy (non-hydrogen) atoms. The lowest BCUT2D eigenvalue weighted by Gasteiger charge is -1.90. The smallest absolute Gasteiger partial charge is 0.230 e. The topological polar surface area (TPSA) is 168 Å². The van der Waals surface area contributed by atoms with E-state index in [1.54, 1.807) is 0 Å². The van der Waals surface area contributed by atoms with E-state index in [0.29, 0.717) is 0 Å². The van der Waals surface area contributed by atoms with Crippen LogP contribution in [0.1, 0.15) is 0 Å². The zero-order valence-corrected chi connectivity index (χ0v) is 5.42. The number of hydrogen-bond acceptors (Lipinski definition) is 4. The van der Waals surface area contributed by atoms with Crippen molar-refractivity contribution in [2.75, 3.05) is 0 Å². The third kappa shape index (κ3) is 5.89. The average molecular weight is 177 g/mol. The van der Waals surface area contributed by atoms with E-state index in [1.807, 2.05) is 0 Å². The van der Waals surface area contributed by atoms with E-state index in [9.17, 15) is 5.21 Å². The minimum atomic E-state index is -0.622. The number of nitrogens with two attached hydrogens (primary N) is 1. The van der Waals surface area contributed by atoms with Crippen molar-refractivity contribution in [2.24, 2.45) is 42.4 Å². The van der Waals surface area contributed by atoms with Gasteiger partial charge in [0.2, 0.25) is 10.4 Å². The van der Waals surface area contributed by atoms with E-state index in [2.05, 4.69) is 47.4 Å². The zero-order chi connectivity index (χ0) is 9.23. The second-order valence-corrected chi connectivity index (χ2v) is 0.972. The first-order chi connectivity index (χ1) is 5.81. The summed E-state index contributed by atoms with van der Waals surface area (Å²) in [6, 6.07) is 0. The molecule has 0 saturated heterocycles. The quantitative estimate of drug-likeness (QED) is 0.273. The summed E-state index contributed by atoms with van der Waals surface area (Å²) in [5.41, 5.74) is 0. The molecule has 0 aliphatic carbocycles. The van der Waals surface area contributed by atoms with Gasteiger partial charge in [0.15, 0.2) is 0 Å². The average Bonchev–Trinajstić information content (AvgIpc) is 2.10. The third-order valence-corrected chi connectivity index (χ3v) is 0.395. The van der Waals surface area contributed by atoms with Gasteiger partial charge in [0.1, 0.15) is 5.22 Å². The third-order valence-electron chi connectivity index (χ3n) is 0.395. The Bertz CT molecular complexity index is 212. The van der Waals surface area contributed by atoms with Gasteiger partial charge >= 0.3 is 0 Å². The van der Waals surface area contributed by atoms with Crippen molar-refractivity contribution in [3.8, 4) is 0 Å². The molecule has 0 rings (SSSR count). The monoisotopic (exact) mass is 177 g/mol. The van der Waals surface area contributed by atoms with Crippen LogP contribution in [0.25, 0.3) is 0 Å². The second kappa shape index (κ2) is 6.87. The highest BCUT2D eigenvalue weighted by Gasteiger charge is 1.84. The molecule has 66 valence electrons. The van der Waals surface area contributed by atoms with Gasteiger partial charge in [-0.3, -0.25) is 5.26 Å². The van der Waals surface area contributed by atoms with E-state index in [4.69, 9.17) is 5.26 Å². The predicted molar refractivity (Wildman–Crippen MR) is 28.5 cm³/mol. The molecule has 0 aliphatic rings. The van der Waals surface area contributed by atoms with Crippen LogP contribution >= 0.6 is 0 Å². The minimum absolute atomic E-state index is 0.622. The van der Waals surface area contributed by atoms with Gasteiger partial charge in [-0.25, -0.2) is 0 Å². The van der Waals surface area contributed by atoms with Gasteiger partial charge in [0.25, 0.3) is 0 Å². The SMILES string of the molecule is NN=NN=NN=NN=[N+]([O-])OO. The molecule has 0 aromatic heterocycles. The Labute approximate surface area is 64.1 Å². The summed E-state index contributed by atoms with van der Waals surface area (Å²) in [5, 5.41) is 36.0. The summed E-state index contributed by atoms with van der Waals surface area (Å²) in [5.74, 6) is 4.51. The van der Waals surface area contributed by atoms with E-state index < -0.39 is 5.02 Å². The molecule has 0 saturated carbocycles. The Balaban J connectivity index is 3.77. The normalized spacial score (nSPS) is 13.6. The Kier molecular flexibility index (Phi) is 5.59. The van der Waals surface area contributed by atoms with Crippen molar-refractivity contribution in [3.63, 3.8) is 0 Å². The van der Waals surface area contributed by atoms with Crippen molar-refractivity contribution in [2.45, 2.75) is 0 Å². The molecule has 0 fully saturated rings. The summed E-state index contributed by atoms with van der Waals surface area (Å²) in [7, 11) is 0. The minimum Gasteiger partial charge on any atom is -0.337 e. The summed E-state index contributed by atoms with van der Waals surface area (Å²) in [6.45, 7) is 0. The Hall–Kier alpha value is -2.24. The maximum absolute atomic E-state index is 9.89. The Morgan fingerprint density at radius 3 is 2.33 bits per heavy atom. The lowest BCUT2D eigenvalue weighted by molar-refractivity contribution is -0.873. The number of nitrogens with zero attached hydrogens (tertiary/aromatic N) is 8. The van der Waals surface area contributed by atoms with Crippen LogP contribution in [-0.2, 0) is 4.99 Å². The van der Waals surface area contributed by atoms with Gasteiger partial charge in [0, 0.05) is 10.4 Å². The van der Waals surface area contributed by atoms with Crippen molar-refractivity contribution in [1.82, 2.24) is 0 Å². The molecule has 0 heterocycles. The zero-order valence-electron chi connectivity index (χ0n) is 5.42. The van der Waals surface area contributed by atoms with Crippen molar-refractivity contribution in [3.05, 3.63) is 5.21 Å². The molecule has 12 nitrogen and oxygen atoms in total. The van der Waals surface area contributed by atoms with Crippen LogP contribution in [0, 0.1) is 5.21 Å². The summed E-state index contributed by atoms with van der Waals surface area (Å²) in [6.07, 6.45) is 0. The van der Waals surface area contributed by atoms with Crippen LogP contribution < -0.4 is 5.84 Å². The molecular weight excluding hydrogens is 174 g/mol. The highest BCUT2D eigenvalue weighted by Crippen LogP contribution is 1.83. The molecule has 0 spiro atoms. The van der Waals surface area contributed by atoms with Crippen LogP contribution in [0.3, 0.4) is 0 Å². The fourth-order valence-electron chi connectivity index (χ4n) is 0.144. The Morgan fingerprint density at radius 1 is 1.17 bits per heavy atom. The molecule has 0 radical (unpaired) electrons. The highest BCUT2D eigenvalue weighted by atomic mass is 17.2. The summed E-state index contributed by atoms with van der Waals surface area (Å²) < 4.78 is 0. The van der Waals surface area contributed by atoms with Gasteiger partial charge in [-0.1, -0.05) is 5.22 Å². The maximum Gasteiger partial charge on any atom is 0.230 e. The van der Waals surface area contributed by atoms with Crippen LogP contribution in [0.5, 0.6) is 0 Å². The van der Waals surface area contributed by atoms with Crippen LogP contribution in [-0.4, -0.2) is 10.3 Å². The molecule has 12 heteroatoms. The maximum atomic E-state index is 9.89. The first-order valence-corrected chi connectivity index (χ1v) is 2.21. The predicted octanol–water partition coefficient (Wildman–Crippen LogP) is 0.329. The van der Waals surface area contributed by atoms with Crippen LogP contribution in [0.15, 0.2) is 36.6 Å². The molecule has 3 N–H and O–H groups in total. The van der Waals surface area contributed by atoms with Gasteiger partial charge in [-0.15, -0.1) is 0 Å². The van der Waals surface area contributed by atoms with Gasteiger partial charge in [-0.05, 0) is 5.22 Å². The van der Waals surface area contributed by atoms with Crippen LogP contribution in [0.4, 0.5) is 0 Å². The van der Waals surface area contributed by atoms with Crippen LogP contribution in [0.2, 0.25) is 0 Å². The molecule has 0 aliphatic heterocycles. The number of hydrogen-bond donors (Lipinski definition) is 2. The van der Waals surface area contributed by atoms with Gasteiger partial charge in [-0.2, -0.15) is 0 Å². The first kappa shape index (κ1) is 9.76. The lowest BCUT2D eigenvalue weighted by Crippen LogP contribution is -1.95. The molecule has 0 bridgehead atoms. The van der Waals surface area contributed by atoms with Gasteiger partial charge in [0.05, 0.1) is 5.02 Å². The lowest BCUT2D eigenvalue weighted by atomic mass is 12.4. The molecule has 0 aromatic carbocycles. The van der Waals surface area contributed by atoms with Crippen molar-refractivity contribution in [1.29, 1.82) is 0 Å². The van der Waals surface area contributed by atoms with E-state index in [-0.39, 0.29) is 0 Å². The molecule has 0 atom stereocenters. The van der Waals surface area contributed by atoms with E-state index in [1.165, 1.54) is 0 Å². The van der Waals surface area contributed by atoms with Gasteiger partial charge < -0.3 is 16.0 Å². The highest BCUT2D eigenvalue weighted by molar-refractivity contribution is 4.05. The van der Waals surface area contributed by atoms with Crippen molar-refractivity contribution >= 4 is 0 Å². The fraction of sp³-hybridized carbons (Fsp3) is 0. The first-order valence-electron chi connectivity index (χ1n) is 2.21. The van der Waals surface area contributed by atoms with Crippen molar-refractivity contribution < 1.29 is 15.3 Å². The Morgan fingerprint density at radius 2 is 1.75 bits per heavy atom. The standard InChI is InChI=1S/H3N9O3/c1-2-3-4-5-6-7-8-9(10)12-11/h11H,(H2,1,3,5,7). The molecule has 0 amide bonds. The molecule has 0 aromatic rings. The summed E-state index contributed by atoms with van der Waals surface area (Å²) in [4.78, 5) is 3.00. The number of rotatable bonds is 4. The summed E-state index contributed by atoms with van der Waals surface area (Å²) >= 11 is 0. The fourth-order valence-corrected chi connectivity index (χ4v) is 0.144. The van der Waals surface area contributed by atoms with E-state index >= 15 is 0 Å². The molecular formula is H3N9O3. The molecule has 0 unspecified atom stereocenters. The van der Waals surface area contributed by atoms with E-state index in [0.717, 1.165) is 0 Å².